The molecule has 0 saturated heterocycles. The molecule has 0 aliphatic rings. The van der Waals surface area contributed by atoms with Crippen LogP contribution in [0.1, 0.15) is 25.8 Å². The Labute approximate surface area is 204 Å². The molecule has 0 aliphatic carbocycles. The molecule has 8 nitrogen and oxygen atoms in total. The highest BCUT2D eigenvalue weighted by Gasteiger charge is 2.29. The minimum Gasteiger partial charge on any atom is -0.493 e. The number of amides is 1. The second kappa shape index (κ2) is 12.2. The molecule has 188 valence electrons. The first-order valence-electron chi connectivity index (χ1n) is 11.3. The summed E-state index contributed by atoms with van der Waals surface area (Å²) in [5.74, 6) is 1.30. The Kier molecular flexibility index (Phi) is 9.96. The first-order valence-corrected chi connectivity index (χ1v) is 16.5. The van der Waals surface area contributed by atoms with E-state index < -0.39 is 24.4 Å². The van der Waals surface area contributed by atoms with E-state index in [1.165, 1.54) is 6.07 Å². The van der Waals surface area contributed by atoms with Gasteiger partial charge >= 0.3 is 16.3 Å². The predicted molar refractivity (Wildman–Crippen MR) is 136 cm³/mol. The van der Waals surface area contributed by atoms with Crippen molar-refractivity contribution in [1.29, 1.82) is 0 Å². The number of ether oxygens (including phenoxy) is 3. The third-order valence-corrected chi connectivity index (χ3v) is 7.56. The largest absolute Gasteiger partial charge is 0.493 e. The Hall–Kier alpha value is -2.56. The van der Waals surface area contributed by atoms with Crippen LogP contribution in [0.5, 0.6) is 17.2 Å². The fourth-order valence-corrected chi connectivity index (χ4v) is 4.48. The molecule has 0 fully saturated rings. The zero-order valence-electron chi connectivity index (χ0n) is 20.6. The van der Waals surface area contributed by atoms with Gasteiger partial charge in [0.15, 0.2) is 11.5 Å². The van der Waals surface area contributed by atoms with Crippen LogP contribution in [0.25, 0.3) is 0 Å². The van der Waals surface area contributed by atoms with Gasteiger partial charge in [-0.05, 0) is 36.1 Å². The van der Waals surface area contributed by atoms with E-state index in [1.807, 2.05) is 30.3 Å². The van der Waals surface area contributed by atoms with E-state index in [9.17, 15) is 13.2 Å². The maximum absolute atomic E-state index is 12.9. The van der Waals surface area contributed by atoms with Gasteiger partial charge in [-0.3, -0.25) is 0 Å². The minimum absolute atomic E-state index is 0.0435. The van der Waals surface area contributed by atoms with Crippen molar-refractivity contribution in [2.45, 2.75) is 52.6 Å². The van der Waals surface area contributed by atoms with E-state index in [0.29, 0.717) is 28.6 Å². The maximum Gasteiger partial charge on any atom is 0.430 e. The van der Waals surface area contributed by atoms with Crippen molar-refractivity contribution in [3.8, 4) is 17.2 Å². The second-order valence-corrected chi connectivity index (χ2v) is 16.8. The van der Waals surface area contributed by atoms with Crippen molar-refractivity contribution >= 4 is 24.4 Å². The van der Waals surface area contributed by atoms with Gasteiger partial charge in [0.25, 0.3) is 0 Å². The van der Waals surface area contributed by atoms with Gasteiger partial charge in [-0.2, -0.15) is 12.7 Å². The van der Waals surface area contributed by atoms with Gasteiger partial charge in [0, 0.05) is 20.7 Å². The average molecular weight is 509 g/mol. The van der Waals surface area contributed by atoms with Gasteiger partial charge in [-0.25, -0.2) is 9.93 Å². The van der Waals surface area contributed by atoms with E-state index in [-0.39, 0.29) is 24.7 Å². The monoisotopic (exact) mass is 508 g/mol. The fraction of sp³-hybridized carbons (Fsp3) is 0.458. The molecule has 2 aromatic rings. The quantitative estimate of drug-likeness (QED) is 0.403. The van der Waals surface area contributed by atoms with Crippen LogP contribution < -0.4 is 19.3 Å². The molecule has 0 radical (unpaired) electrons. The van der Waals surface area contributed by atoms with E-state index in [0.717, 1.165) is 12.0 Å². The lowest BCUT2D eigenvalue weighted by Crippen LogP contribution is -2.45. The molecule has 34 heavy (non-hydrogen) atoms. The van der Waals surface area contributed by atoms with Crippen LogP contribution in [0.15, 0.2) is 48.5 Å². The Morgan fingerprint density at radius 2 is 1.71 bits per heavy atom. The summed E-state index contributed by atoms with van der Waals surface area (Å²) in [5, 5.41) is 5.32. The lowest BCUT2D eigenvalue weighted by Gasteiger charge is -2.23. The van der Waals surface area contributed by atoms with Crippen LogP contribution in [-0.2, 0) is 16.8 Å². The Balaban J connectivity index is 2.26. The summed E-state index contributed by atoms with van der Waals surface area (Å²) in [6.45, 7) is 11.1. The summed E-state index contributed by atoms with van der Waals surface area (Å²) in [7, 11) is -5.94. The fourth-order valence-electron chi connectivity index (χ4n) is 2.83. The molecule has 0 unspecified atom stereocenters. The summed E-state index contributed by atoms with van der Waals surface area (Å²) in [6, 6.07) is 15.0. The SMILES string of the molecule is CC(C)CCOc1ccc(OCc2ccccc2)c(OC(=O)N(CC[Si](C)(C)C)S(N)(=O)=O)c1. The van der Waals surface area contributed by atoms with Gasteiger partial charge < -0.3 is 14.2 Å². The van der Waals surface area contributed by atoms with Gasteiger partial charge in [0.1, 0.15) is 12.4 Å². The molecule has 0 aromatic heterocycles. The normalized spacial score (nSPS) is 11.9. The number of rotatable bonds is 12. The lowest BCUT2D eigenvalue weighted by molar-refractivity contribution is 0.176. The van der Waals surface area contributed by atoms with Gasteiger partial charge in [-0.15, -0.1) is 0 Å². The number of hydrogen-bond donors (Lipinski definition) is 1. The predicted octanol–water partition coefficient (Wildman–Crippen LogP) is 5.03. The zero-order valence-corrected chi connectivity index (χ0v) is 22.4. The molecule has 2 rings (SSSR count). The average Bonchev–Trinajstić information content (AvgIpc) is 2.72. The van der Waals surface area contributed by atoms with Crippen molar-refractivity contribution in [3.63, 3.8) is 0 Å². The number of nitrogens with two attached hydrogens (primary N) is 1. The van der Waals surface area contributed by atoms with Gasteiger partial charge in [-0.1, -0.05) is 63.8 Å². The van der Waals surface area contributed by atoms with Crippen LogP contribution in [0.2, 0.25) is 25.7 Å². The molecule has 0 aliphatic heterocycles. The van der Waals surface area contributed by atoms with Crippen molar-refractivity contribution in [2.75, 3.05) is 13.2 Å². The summed E-state index contributed by atoms with van der Waals surface area (Å²) in [5.41, 5.74) is 0.929. The topological polar surface area (TPSA) is 108 Å². The highest BCUT2D eigenvalue weighted by Crippen LogP contribution is 2.33. The first kappa shape index (κ1) is 27.7. The summed E-state index contributed by atoms with van der Waals surface area (Å²) in [4.78, 5) is 12.9. The van der Waals surface area contributed by atoms with E-state index >= 15 is 0 Å². The molecule has 2 N–H and O–H groups in total. The molecule has 0 saturated carbocycles. The van der Waals surface area contributed by atoms with Crippen molar-refractivity contribution in [3.05, 3.63) is 54.1 Å². The van der Waals surface area contributed by atoms with Crippen molar-refractivity contribution in [1.82, 2.24) is 4.31 Å². The van der Waals surface area contributed by atoms with Crippen molar-refractivity contribution < 1.29 is 27.4 Å². The van der Waals surface area contributed by atoms with Crippen LogP contribution in [0.4, 0.5) is 4.79 Å². The molecule has 1 amide bonds. The van der Waals surface area contributed by atoms with E-state index in [1.54, 1.807) is 12.1 Å². The Morgan fingerprint density at radius 1 is 1.03 bits per heavy atom. The smallest absolute Gasteiger partial charge is 0.430 e. The Morgan fingerprint density at radius 3 is 2.29 bits per heavy atom. The van der Waals surface area contributed by atoms with Crippen LogP contribution in [0, 0.1) is 5.92 Å². The molecule has 0 heterocycles. The molecular weight excluding hydrogens is 472 g/mol. The third kappa shape index (κ3) is 9.74. The number of carbonyl (C=O) groups excluding carboxylic acids is 1. The highest BCUT2D eigenvalue weighted by molar-refractivity contribution is 7.87. The standard InChI is InChI=1S/C24H36N2O6SSi/c1-19(2)13-15-30-21-11-12-22(31-18-20-9-7-6-8-10-20)23(17-21)32-24(27)26(33(25,28)29)14-16-34(3,4)5/h6-12,17,19H,13-16,18H2,1-5H3,(H2,25,28,29). The first-order chi connectivity index (χ1) is 15.8. The Bertz CT molecular complexity index is 1040. The van der Waals surface area contributed by atoms with Crippen LogP contribution >= 0.6 is 0 Å². The van der Waals surface area contributed by atoms with Crippen molar-refractivity contribution in [2.24, 2.45) is 11.1 Å². The number of benzene rings is 2. The minimum atomic E-state index is -4.30. The number of nitrogens with zero attached hydrogens (tertiary/aromatic N) is 1. The zero-order chi connectivity index (χ0) is 25.4. The molecule has 10 heteroatoms. The second-order valence-electron chi connectivity index (χ2n) is 9.71. The van der Waals surface area contributed by atoms with Gasteiger partial charge in [0.2, 0.25) is 0 Å². The van der Waals surface area contributed by atoms with Crippen LogP contribution in [0.3, 0.4) is 0 Å². The maximum atomic E-state index is 12.9. The molecular formula is C24H36N2O6SSi. The van der Waals surface area contributed by atoms with E-state index in [4.69, 9.17) is 19.3 Å². The van der Waals surface area contributed by atoms with E-state index in [2.05, 4.69) is 33.5 Å². The molecule has 2 aromatic carbocycles. The van der Waals surface area contributed by atoms with Gasteiger partial charge in [0.05, 0.1) is 6.61 Å². The lowest BCUT2D eigenvalue weighted by atomic mass is 10.1. The summed E-state index contributed by atoms with van der Waals surface area (Å²) < 4.78 is 41.9. The number of carbonyl (C=O) groups is 1. The van der Waals surface area contributed by atoms with Crippen LogP contribution in [-0.4, -0.2) is 40.0 Å². The third-order valence-electron chi connectivity index (χ3n) is 4.89. The summed E-state index contributed by atoms with van der Waals surface area (Å²) in [6.07, 6.45) is -0.221. The summed E-state index contributed by atoms with van der Waals surface area (Å²) >= 11 is 0. The molecule has 0 atom stereocenters. The molecule has 0 bridgehead atoms. The highest BCUT2D eigenvalue weighted by atomic mass is 32.2. The molecule has 0 spiro atoms. The number of hydrogen-bond acceptors (Lipinski definition) is 6.